The molecule has 0 amide bonds. The van der Waals surface area contributed by atoms with E-state index in [2.05, 4.69) is 11.9 Å². The van der Waals surface area contributed by atoms with Crippen LogP contribution >= 0.6 is 23.6 Å². The summed E-state index contributed by atoms with van der Waals surface area (Å²) in [5.74, 6) is 0.843. The molecule has 2 aromatic rings. The van der Waals surface area contributed by atoms with Crippen molar-refractivity contribution in [3.8, 4) is 16.3 Å². The highest BCUT2D eigenvalue weighted by atomic mass is 32.1. The Balaban J connectivity index is 2.50. The molecule has 0 bridgehead atoms. The van der Waals surface area contributed by atoms with Gasteiger partial charge < -0.3 is 10.5 Å². The minimum absolute atomic E-state index is 0.412. The molecule has 100 valence electrons. The normalized spacial score (nSPS) is 10.4. The topological polar surface area (TPSA) is 48.1 Å². The van der Waals surface area contributed by atoms with Crippen molar-refractivity contribution in [2.45, 2.75) is 20.3 Å². The second-order valence-corrected chi connectivity index (χ2v) is 5.38. The van der Waals surface area contributed by atoms with Crippen LogP contribution < -0.4 is 10.5 Å². The summed E-state index contributed by atoms with van der Waals surface area (Å²) in [5, 5.41) is 0.906. The largest absolute Gasteiger partial charge is 0.493 e. The van der Waals surface area contributed by atoms with Crippen molar-refractivity contribution < 1.29 is 4.74 Å². The molecular formula is C14H16N2OS2. The fraction of sp³-hybridized carbons (Fsp3) is 0.286. The number of thiazole rings is 1. The molecule has 0 radical (unpaired) electrons. The maximum absolute atomic E-state index is 5.75. The third-order valence-corrected chi connectivity index (χ3v) is 4.17. The lowest BCUT2D eigenvalue weighted by atomic mass is 10.2. The van der Waals surface area contributed by atoms with Crippen LogP contribution in [0.15, 0.2) is 24.3 Å². The van der Waals surface area contributed by atoms with Crippen LogP contribution in [-0.4, -0.2) is 16.6 Å². The van der Waals surface area contributed by atoms with E-state index in [0.29, 0.717) is 11.6 Å². The number of rotatable bonds is 5. The molecule has 0 saturated heterocycles. The molecule has 0 spiro atoms. The fourth-order valence-corrected chi connectivity index (χ4v) is 3.10. The Morgan fingerprint density at radius 2 is 2.11 bits per heavy atom. The van der Waals surface area contributed by atoms with E-state index in [-0.39, 0.29) is 0 Å². The summed E-state index contributed by atoms with van der Waals surface area (Å²) in [6.07, 6.45) is 0.819. The Labute approximate surface area is 122 Å². The van der Waals surface area contributed by atoms with Crippen molar-refractivity contribution in [3.05, 3.63) is 34.8 Å². The van der Waals surface area contributed by atoms with Gasteiger partial charge in [-0.15, -0.1) is 11.3 Å². The molecule has 1 aromatic heterocycles. The number of ether oxygens (including phenoxy) is 1. The van der Waals surface area contributed by atoms with E-state index in [1.165, 1.54) is 11.3 Å². The molecule has 19 heavy (non-hydrogen) atoms. The molecule has 0 atom stereocenters. The molecule has 0 saturated carbocycles. The van der Waals surface area contributed by atoms with Crippen LogP contribution in [0.4, 0.5) is 0 Å². The second-order valence-electron chi connectivity index (χ2n) is 3.94. The lowest BCUT2D eigenvalue weighted by Gasteiger charge is -2.07. The summed E-state index contributed by atoms with van der Waals surface area (Å²) in [4.78, 5) is 5.95. The average Bonchev–Trinajstić information content (AvgIpc) is 2.84. The van der Waals surface area contributed by atoms with E-state index in [9.17, 15) is 0 Å². The quantitative estimate of drug-likeness (QED) is 0.858. The summed E-state index contributed by atoms with van der Waals surface area (Å²) < 4.78 is 5.64. The van der Waals surface area contributed by atoms with Gasteiger partial charge in [0.05, 0.1) is 22.7 Å². The average molecular weight is 292 g/mol. The molecule has 0 aliphatic rings. The van der Waals surface area contributed by atoms with Gasteiger partial charge in [-0.1, -0.05) is 31.3 Å². The van der Waals surface area contributed by atoms with Gasteiger partial charge in [-0.2, -0.15) is 0 Å². The Bertz CT molecular complexity index is 593. The first-order valence-corrected chi connectivity index (χ1v) is 7.41. The smallest absolute Gasteiger partial charge is 0.129 e. The Morgan fingerprint density at radius 3 is 2.68 bits per heavy atom. The van der Waals surface area contributed by atoms with Crippen molar-refractivity contribution in [2.75, 3.05) is 6.61 Å². The number of hydrogen-bond acceptors (Lipinski definition) is 4. The van der Waals surface area contributed by atoms with Crippen molar-refractivity contribution in [1.82, 2.24) is 4.98 Å². The van der Waals surface area contributed by atoms with Crippen molar-refractivity contribution >= 4 is 28.5 Å². The van der Waals surface area contributed by atoms with Gasteiger partial charge in [0.25, 0.3) is 0 Å². The first-order valence-electron chi connectivity index (χ1n) is 6.19. The van der Waals surface area contributed by atoms with Crippen LogP contribution in [0.3, 0.4) is 0 Å². The Hall–Kier alpha value is -1.46. The minimum Gasteiger partial charge on any atom is -0.493 e. The van der Waals surface area contributed by atoms with Crippen LogP contribution in [0.25, 0.3) is 10.6 Å². The number of hydrogen-bond donors (Lipinski definition) is 1. The first-order chi connectivity index (χ1) is 9.17. The maximum Gasteiger partial charge on any atom is 0.129 e. The van der Waals surface area contributed by atoms with Gasteiger partial charge >= 0.3 is 0 Å². The summed E-state index contributed by atoms with van der Waals surface area (Å²) in [7, 11) is 0. The zero-order chi connectivity index (χ0) is 13.8. The molecule has 2 N–H and O–H groups in total. The number of benzene rings is 1. The summed E-state index contributed by atoms with van der Waals surface area (Å²) >= 11 is 6.61. The highest BCUT2D eigenvalue weighted by molar-refractivity contribution is 7.81. The van der Waals surface area contributed by atoms with E-state index >= 15 is 0 Å². The maximum atomic E-state index is 5.75. The Kier molecular flexibility index (Phi) is 4.50. The van der Waals surface area contributed by atoms with Gasteiger partial charge in [-0.25, -0.2) is 4.98 Å². The molecule has 0 aliphatic heterocycles. The van der Waals surface area contributed by atoms with Crippen LogP contribution in [0.1, 0.15) is 24.4 Å². The number of para-hydroxylation sites is 1. The van der Waals surface area contributed by atoms with Gasteiger partial charge in [0.1, 0.15) is 15.7 Å². The van der Waals surface area contributed by atoms with Crippen LogP contribution in [-0.2, 0) is 6.42 Å². The number of nitrogens with two attached hydrogens (primary N) is 1. The molecule has 2 rings (SSSR count). The van der Waals surface area contributed by atoms with Gasteiger partial charge in [-0.3, -0.25) is 0 Å². The summed E-state index contributed by atoms with van der Waals surface area (Å²) in [6, 6.07) is 7.89. The van der Waals surface area contributed by atoms with E-state index in [1.54, 1.807) is 0 Å². The third-order valence-electron chi connectivity index (χ3n) is 2.67. The number of nitrogens with zero attached hydrogens (tertiary/aromatic N) is 1. The summed E-state index contributed by atoms with van der Waals surface area (Å²) in [6.45, 7) is 4.65. The molecule has 1 aromatic carbocycles. The number of aromatic nitrogens is 1. The van der Waals surface area contributed by atoms with Crippen LogP contribution in [0.5, 0.6) is 5.75 Å². The highest BCUT2D eigenvalue weighted by Gasteiger charge is 2.15. The molecule has 1 heterocycles. The van der Waals surface area contributed by atoms with Crippen molar-refractivity contribution in [3.63, 3.8) is 0 Å². The van der Waals surface area contributed by atoms with E-state index < -0.39 is 0 Å². The van der Waals surface area contributed by atoms with E-state index in [1.807, 2.05) is 31.2 Å². The fourth-order valence-electron chi connectivity index (χ4n) is 1.82. The number of aryl methyl sites for hydroxylation is 1. The molecule has 0 aliphatic carbocycles. The van der Waals surface area contributed by atoms with E-state index in [4.69, 9.17) is 22.7 Å². The van der Waals surface area contributed by atoms with Crippen molar-refractivity contribution in [2.24, 2.45) is 5.73 Å². The standard InChI is InChI=1S/C14H16N2OS2/c1-3-10-12(13(15)18)19-14(16-10)9-7-5-6-8-11(9)17-4-2/h5-8H,3-4H2,1-2H3,(H2,15,18). The van der Waals surface area contributed by atoms with Crippen LogP contribution in [0, 0.1) is 0 Å². The molecular weight excluding hydrogens is 276 g/mol. The third kappa shape index (κ3) is 2.93. The molecule has 3 nitrogen and oxygen atoms in total. The second kappa shape index (κ2) is 6.12. The molecule has 5 heteroatoms. The van der Waals surface area contributed by atoms with Gasteiger partial charge in [-0.05, 0) is 25.5 Å². The lowest BCUT2D eigenvalue weighted by Crippen LogP contribution is -2.09. The van der Waals surface area contributed by atoms with Gasteiger partial charge in [0.2, 0.25) is 0 Å². The minimum atomic E-state index is 0.412. The van der Waals surface area contributed by atoms with Gasteiger partial charge in [0, 0.05) is 0 Å². The predicted molar refractivity (Wildman–Crippen MR) is 84.0 cm³/mol. The van der Waals surface area contributed by atoms with Crippen LogP contribution in [0.2, 0.25) is 0 Å². The predicted octanol–water partition coefficient (Wildman–Crippen LogP) is 3.41. The number of thiocarbonyl (C=S) groups is 1. The van der Waals surface area contributed by atoms with E-state index in [0.717, 1.165) is 33.3 Å². The SMILES string of the molecule is CCOc1ccccc1-c1nc(CC)c(C(N)=S)s1. The first kappa shape index (κ1) is 14.0. The molecule has 0 fully saturated rings. The van der Waals surface area contributed by atoms with Crippen molar-refractivity contribution in [1.29, 1.82) is 0 Å². The van der Waals surface area contributed by atoms with Gasteiger partial charge in [0.15, 0.2) is 0 Å². The lowest BCUT2D eigenvalue weighted by molar-refractivity contribution is 0.341. The monoisotopic (exact) mass is 292 g/mol. The zero-order valence-corrected chi connectivity index (χ0v) is 12.6. The zero-order valence-electron chi connectivity index (χ0n) is 11.0. The summed E-state index contributed by atoms with van der Waals surface area (Å²) in [5.41, 5.74) is 7.70. The Morgan fingerprint density at radius 1 is 1.37 bits per heavy atom. The highest BCUT2D eigenvalue weighted by Crippen LogP contribution is 2.34. The molecule has 0 unspecified atom stereocenters.